The van der Waals surface area contributed by atoms with Crippen molar-refractivity contribution in [3.63, 3.8) is 0 Å². The van der Waals surface area contributed by atoms with Crippen LogP contribution in [0.1, 0.15) is 52.5 Å². The third-order valence-electron chi connectivity index (χ3n) is 9.05. The molecule has 4 aliphatic heterocycles. The summed E-state index contributed by atoms with van der Waals surface area (Å²) in [6, 6.07) is 2.72. The molecule has 9 atom stereocenters. The van der Waals surface area contributed by atoms with Gasteiger partial charge in [0.25, 0.3) is 0 Å². The van der Waals surface area contributed by atoms with E-state index in [4.69, 9.17) is 43.1 Å². The van der Waals surface area contributed by atoms with E-state index in [2.05, 4.69) is 9.97 Å². The molecule has 4 saturated heterocycles. The molecule has 20 heteroatoms. The molecule has 0 radical (unpaired) electrons. The number of fused-ring (bicyclic) bond motifs is 2. The van der Waals surface area contributed by atoms with Gasteiger partial charge in [-0.15, -0.1) is 0 Å². The van der Waals surface area contributed by atoms with Crippen molar-refractivity contribution >= 4 is 17.8 Å². The van der Waals surface area contributed by atoms with Gasteiger partial charge < -0.3 is 43.0 Å². The molecule has 20 nitrogen and oxygen atoms in total. The minimum absolute atomic E-state index is 0.0892. The summed E-state index contributed by atoms with van der Waals surface area (Å²) in [6.07, 6.45) is -2.69. The van der Waals surface area contributed by atoms with E-state index in [0.717, 1.165) is 23.8 Å². The number of aliphatic hydroxyl groups is 1. The molecule has 2 aromatic heterocycles. The number of hydrogen-bond donors (Lipinski definition) is 4. The Kier molecular flexibility index (Phi) is 8.86. The monoisotopic (exact) mass is 694 g/mol. The zero-order chi connectivity index (χ0) is 34.7. The van der Waals surface area contributed by atoms with Crippen LogP contribution < -0.4 is 21.9 Å². The molecular formula is C29H38N6O14. The lowest BCUT2D eigenvalue weighted by Crippen LogP contribution is -2.44. The molecule has 1 saturated carbocycles. The van der Waals surface area contributed by atoms with E-state index >= 15 is 0 Å². The third kappa shape index (κ3) is 6.51. The van der Waals surface area contributed by atoms with Gasteiger partial charge in [-0.05, 0) is 52.2 Å². The molecule has 268 valence electrons. The minimum Gasteiger partial charge on any atom is -0.431 e. The van der Waals surface area contributed by atoms with Gasteiger partial charge in [-0.1, -0.05) is 0 Å². The highest BCUT2D eigenvalue weighted by Gasteiger charge is 2.59. The summed E-state index contributed by atoms with van der Waals surface area (Å²) in [5.74, 6) is -2.72. The molecule has 0 aromatic carbocycles. The molecule has 2 aromatic rings. The van der Waals surface area contributed by atoms with Crippen LogP contribution >= 0.6 is 0 Å². The molecule has 5 fully saturated rings. The predicted octanol–water partition coefficient (Wildman–Crippen LogP) is 0.0100. The predicted molar refractivity (Wildman–Crippen MR) is 158 cm³/mol. The highest BCUT2D eigenvalue weighted by atomic mass is 16.8. The maximum absolute atomic E-state index is 13.2. The van der Waals surface area contributed by atoms with E-state index in [0.29, 0.717) is 5.06 Å². The molecule has 0 bridgehead atoms. The lowest BCUT2D eigenvalue weighted by Gasteiger charge is -2.31. The van der Waals surface area contributed by atoms with Crippen molar-refractivity contribution in [3.8, 4) is 0 Å². The number of nitrogens with zero attached hydrogens (tertiary/aromatic N) is 5. The lowest BCUT2D eigenvalue weighted by molar-refractivity contribution is -0.210. The van der Waals surface area contributed by atoms with Crippen molar-refractivity contribution < 1.29 is 58.2 Å². The Hall–Kier alpha value is -3.73. The summed E-state index contributed by atoms with van der Waals surface area (Å²) in [6.45, 7) is 3.99. The van der Waals surface area contributed by atoms with Gasteiger partial charge in [0.1, 0.15) is 55.9 Å². The van der Waals surface area contributed by atoms with Gasteiger partial charge in [0, 0.05) is 12.4 Å². The van der Waals surface area contributed by atoms with Gasteiger partial charge in [0.2, 0.25) is 0 Å². The van der Waals surface area contributed by atoms with Crippen LogP contribution in [0.15, 0.2) is 34.1 Å². The standard InChI is InChI=1S/C29H38N6O14/c1-28(2)46-19-15(11-36)44-23(21(19)47-28)34-10-8-18(31-26(34)38)35(41)13-29(3)48-20-16(12-42-27(39)43-14-5-4-6-14)45-24(22(20)49-29)33-9-7-17(32-40)30-25(33)37/h7-10,14-16,19-24,36,40-41H,4-6,11-13H2,1-3H3,(H,30,32,37)/t15-,16-,19-,20-,21-,22-,23-,24-,29?/m1/s1. The number of aliphatic hydroxyl groups excluding tert-OH is 1. The fourth-order valence-electron chi connectivity index (χ4n) is 6.61. The Morgan fingerprint density at radius 2 is 1.57 bits per heavy atom. The number of hydrogen-bond acceptors (Lipinski definition) is 18. The number of hydroxylamine groups is 1. The molecule has 0 spiro atoms. The third-order valence-corrected chi connectivity index (χ3v) is 9.05. The van der Waals surface area contributed by atoms with Gasteiger partial charge in [-0.2, -0.15) is 9.97 Å². The van der Waals surface area contributed by atoms with E-state index in [-0.39, 0.29) is 37.5 Å². The summed E-state index contributed by atoms with van der Waals surface area (Å²) < 4.78 is 49.1. The molecular weight excluding hydrogens is 656 g/mol. The van der Waals surface area contributed by atoms with Gasteiger partial charge in [-0.3, -0.25) is 25.0 Å². The van der Waals surface area contributed by atoms with Crippen LogP contribution in [0.2, 0.25) is 0 Å². The first kappa shape index (κ1) is 33.8. The number of rotatable bonds is 10. The van der Waals surface area contributed by atoms with Gasteiger partial charge in [0.15, 0.2) is 35.7 Å². The Morgan fingerprint density at radius 3 is 2.20 bits per heavy atom. The van der Waals surface area contributed by atoms with Crippen molar-refractivity contribution in [2.75, 3.05) is 30.3 Å². The molecule has 0 amide bonds. The van der Waals surface area contributed by atoms with Crippen molar-refractivity contribution in [2.24, 2.45) is 0 Å². The first-order chi connectivity index (χ1) is 23.4. The van der Waals surface area contributed by atoms with E-state index in [1.54, 1.807) is 19.3 Å². The Bertz CT molecular complexity index is 1670. The van der Waals surface area contributed by atoms with Crippen molar-refractivity contribution in [2.45, 2.75) is 107 Å². The smallest absolute Gasteiger partial charge is 0.431 e. The number of anilines is 2. The van der Waals surface area contributed by atoms with Gasteiger partial charge in [-0.25, -0.2) is 19.4 Å². The summed E-state index contributed by atoms with van der Waals surface area (Å²) in [5, 5.41) is 30.7. The van der Waals surface area contributed by atoms with Crippen LogP contribution in [0.25, 0.3) is 0 Å². The van der Waals surface area contributed by atoms with Crippen LogP contribution in [0.4, 0.5) is 16.4 Å². The minimum atomic E-state index is -1.55. The number of nitrogens with one attached hydrogen (secondary N) is 1. The molecule has 5 aliphatic rings. The fraction of sp³-hybridized carbons (Fsp3) is 0.690. The van der Waals surface area contributed by atoms with Gasteiger partial charge in [0.05, 0.1) is 6.61 Å². The molecule has 6 heterocycles. The van der Waals surface area contributed by atoms with Crippen molar-refractivity contribution in [3.05, 3.63) is 45.5 Å². The molecule has 1 unspecified atom stereocenters. The van der Waals surface area contributed by atoms with Crippen LogP contribution in [0.5, 0.6) is 0 Å². The number of carbonyl (C=O) groups excluding carboxylic acids is 1. The van der Waals surface area contributed by atoms with Gasteiger partial charge >= 0.3 is 17.5 Å². The van der Waals surface area contributed by atoms with Crippen LogP contribution in [0, 0.1) is 0 Å². The first-order valence-corrected chi connectivity index (χ1v) is 15.9. The maximum Gasteiger partial charge on any atom is 0.508 e. The Morgan fingerprint density at radius 1 is 0.959 bits per heavy atom. The topological polar surface area (TPSA) is 237 Å². The number of ether oxygens (including phenoxy) is 8. The second-order valence-corrected chi connectivity index (χ2v) is 13.1. The number of aromatic nitrogens is 4. The average molecular weight is 695 g/mol. The Balaban J connectivity index is 1.07. The zero-order valence-corrected chi connectivity index (χ0v) is 26.8. The van der Waals surface area contributed by atoms with E-state index in [1.807, 2.05) is 0 Å². The first-order valence-electron chi connectivity index (χ1n) is 15.9. The number of carbonyl (C=O) groups is 1. The van der Waals surface area contributed by atoms with E-state index < -0.39 is 78.2 Å². The fourth-order valence-corrected chi connectivity index (χ4v) is 6.61. The van der Waals surface area contributed by atoms with E-state index in [9.17, 15) is 24.7 Å². The van der Waals surface area contributed by atoms with Crippen molar-refractivity contribution in [1.82, 2.24) is 19.1 Å². The SMILES string of the molecule is CC1(C)O[C@@H]2[C@H](O1)[C@@H](CO)O[C@H]2n1ccc(N(O)CC2(C)O[C@@H]3[C@H](O2)[C@@H](COC(=O)OC2CCC2)O[C@H]3n2ccc(NO)nc2=O)nc1=O. The molecule has 1 aliphatic carbocycles. The Labute approximate surface area is 277 Å². The molecule has 7 rings (SSSR count). The van der Waals surface area contributed by atoms with Crippen molar-refractivity contribution in [1.29, 1.82) is 0 Å². The second-order valence-electron chi connectivity index (χ2n) is 13.1. The maximum atomic E-state index is 13.2. The van der Waals surface area contributed by atoms with E-state index in [1.165, 1.54) is 36.0 Å². The average Bonchev–Trinajstić information content (AvgIpc) is 3.74. The zero-order valence-electron chi connectivity index (χ0n) is 26.8. The highest BCUT2D eigenvalue weighted by Crippen LogP contribution is 2.44. The lowest BCUT2D eigenvalue weighted by atomic mass is 9.96. The summed E-state index contributed by atoms with van der Waals surface area (Å²) in [7, 11) is 0. The van der Waals surface area contributed by atoms with Crippen LogP contribution in [0.3, 0.4) is 0 Å². The van der Waals surface area contributed by atoms with Crippen LogP contribution in [-0.2, 0) is 37.9 Å². The normalized spacial score (nSPS) is 34.7. The summed E-state index contributed by atoms with van der Waals surface area (Å²) >= 11 is 0. The summed E-state index contributed by atoms with van der Waals surface area (Å²) in [4.78, 5) is 46.0. The second kappa shape index (κ2) is 12.9. The quantitative estimate of drug-likeness (QED) is 0.189. The summed E-state index contributed by atoms with van der Waals surface area (Å²) in [5.41, 5.74) is 0.259. The largest absolute Gasteiger partial charge is 0.508 e. The molecule has 4 N–H and O–H groups in total. The van der Waals surface area contributed by atoms with Crippen LogP contribution in [-0.4, -0.2) is 115 Å². The highest BCUT2D eigenvalue weighted by molar-refractivity contribution is 5.60. The molecule has 49 heavy (non-hydrogen) atoms.